The van der Waals surface area contributed by atoms with Gasteiger partial charge in [0.15, 0.2) is 17.5 Å². The first kappa shape index (κ1) is 30.2. The Hall–Kier alpha value is -3.73. The van der Waals surface area contributed by atoms with Gasteiger partial charge in [0.2, 0.25) is 11.9 Å². The third kappa shape index (κ3) is 6.29. The minimum atomic E-state index is -1.55. The summed E-state index contributed by atoms with van der Waals surface area (Å²) in [4.78, 5) is 36.8. The fourth-order valence-corrected chi connectivity index (χ4v) is 5.26. The zero-order chi connectivity index (χ0) is 30.0. The summed E-state index contributed by atoms with van der Waals surface area (Å²) in [5.41, 5.74) is -1.90. The van der Waals surface area contributed by atoms with Crippen LogP contribution in [0.25, 0.3) is 22.2 Å². The molecule has 0 bridgehead atoms. The molecule has 2 fully saturated rings. The molecule has 0 atom stereocenters. The van der Waals surface area contributed by atoms with Gasteiger partial charge < -0.3 is 15.5 Å². The van der Waals surface area contributed by atoms with E-state index in [0.29, 0.717) is 35.9 Å². The Labute approximate surface area is 240 Å². The standard InChI is InChI=1S/C28H33F3N6O2.C2H4.2H2/c1-14(2)37-25-16(13-32-28(35-25)33-17-7-9-18(10-8-17)36(3)4)11-20(27(37)39)19-12-21(29)24(23(31)22(19)30)34-26(38)15-5-6-15;1-2;;/h11-15,17-18H,5-10H2,1-4H3,(H,34,38)(H,32,33,35);1-2H2;2*1H. The van der Waals surface area contributed by atoms with E-state index in [1.54, 1.807) is 13.8 Å². The topological polar surface area (TPSA) is 92.1 Å². The molecule has 41 heavy (non-hydrogen) atoms. The molecule has 0 aliphatic heterocycles. The molecule has 2 N–H and O–H groups in total. The number of benzene rings is 1. The van der Waals surface area contributed by atoms with Crippen molar-refractivity contribution < 1.29 is 20.8 Å². The summed E-state index contributed by atoms with van der Waals surface area (Å²) in [6.45, 7) is 9.55. The quantitative estimate of drug-likeness (QED) is 0.251. The number of pyridine rings is 1. The SMILES string of the molecule is C=C.CC(C)n1c(=O)c(-c2cc(F)c(NC(=O)C3CC3)c(F)c2F)cc2cnc(NC3CCC(N(C)C)CC3)nc21.[HH].[HH]. The van der Waals surface area contributed by atoms with E-state index in [0.717, 1.165) is 31.7 Å². The molecule has 5 rings (SSSR count). The molecule has 11 heteroatoms. The van der Waals surface area contributed by atoms with E-state index in [2.05, 4.69) is 52.8 Å². The first-order chi connectivity index (χ1) is 19.5. The molecule has 0 unspecified atom stereocenters. The Bertz CT molecular complexity index is 1510. The van der Waals surface area contributed by atoms with Gasteiger partial charge in [0.25, 0.3) is 5.56 Å². The molecule has 1 aromatic carbocycles. The molecule has 0 saturated heterocycles. The van der Waals surface area contributed by atoms with E-state index >= 15 is 4.39 Å². The number of rotatable bonds is 7. The number of anilines is 2. The molecule has 0 spiro atoms. The summed E-state index contributed by atoms with van der Waals surface area (Å²) in [5.74, 6) is -4.61. The van der Waals surface area contributed by atoms with Gasteiger partial charge in [0, 0.05) is 44.0 Å². The molecule has 224 valence electrons. The Morgan fingerprint density at radius 1 is 1.05 bits per heavy atom. The number of nitrogens with one attached hydrogen (secondary N) is 2. The van der Waals surface area contributed by atoms with Crippen LogP contribution in [-0.4, -0.2) is 51.5 Å². The van der Waals surface area contributed by atoms with Crippen LogP contribution in [-0.2, 0) is 4.79 Å². The van der Waals surface area contributed by atoms with Crippen molar-refractivity contribution in [1.29, 1.82) is 0 Å². The highest BCUT2D eigenvalue weighted by Crippen LogP contribution is 2.34. The van der Waals surface area contributed by atoms with Crippen molar-refractivity contribution in [2.24, 2.45) is 5.92 Å². The number of nitrogens with zero attached hydrogens (tertiary/aromatic N) is 4. The van der Waals surface area contributed by atoms with Gasteiger partial charge in [-0.15, -0.1) is 13.2 Å². The fourth-order valence-electron chi connectivity index (χ4n) is 5.26. The third-order valence-electron chi connectivity index (χ3n) is 7.69. The number of aromatic nitrogens is 3. The maximum Gasteiger partial charge on any atom is 0.260 e. The van der Waals surface area contributed by atoms with E-state index in [-0.39, 0.29) is 26.4 Å². The number of carbonyl (C=O) groups is 1. The molecule has 3 aromatic rings. The average Bonchev–Trinajstić information content (AvgIpc) is 3.80. The number of fused-ring (bicyclic) bond motifs is 1. The Kier molecular flexibility index (Phi) is 9.16. The van der Waals surface area contributed by atoms with Crippen LogP contribution in [0.2, 0.25) is 0 Å². The van der Waals surface area contributed by atoms with Crippen LogP contribution in [0, 0.1) is 23.4 Å². The van der Waals surface area contributed by atoms with Gasteiger partial charge in [0.05, 0.1) is 5.56 Å². The van der Waals surface area contributed by atoms with Crippen LogP contribution in [0.3, 0.4) is 0 Å². The normalized spacial score (nSPS) is 18.8. The number of halogens is 3. The van der Waals surface area contributed by atoms with Crippen molar-refractivity contribution in [3.8, 4) is 11.1 Å². The van der Waals surface area contributed by atoms with E-state index < -0.39 is 40.2 Å². The summed E-state index contributed by atoms with van der Waals surface area (Å²) >= 11 is 0. The van der Waals surface area contributed by atoms with Gasteiger partial charge in [-0.25, -0.2) is 18.2 Å². The number of hydrogen-bond donors (Lipinski definition) is 2. The van der Waals surface area contributed by atoms with Crippen LogP contribution in [0.15, 0.2) is 36.3 Å². The summed E-state index contributed by atoms with van der Waals surface area (Å²) < 4.78 is 46.4. The predicted molar refractivity (Wildman–Crippen MR) is 160 cm³/mol. The predicted octanol–water partition coefficient (Wildman–Crippen LogP) is 6.38. The molecule has 2 aromatic heterocycles. The monoisotopic (exact) mass is 574 g/mol. The molecular weight excluding hydrogens is 533 g/mol. The fraction of sp³-hybridized carbons (Fsp3) is 0.467. The zero-order valence-corrected chi connectivity index (χ0v) is 23.9. The van der Waals surface area contributed by atoms with Crippen molar-refractivity contribution in [1.82, 2.24) is 19.4 Å². The second-order valence-corrected chi connectivity index (χ2v) is 11.1. The number of hydrogen-bond acceptors (Lipinski definition) is 6. The first-order valence-electron chi connectivity index (χ1n) is 13.9. The van der Waals surface area contributed by atoms with Crippen LogP contribution >= 0.6 is 0 Å². The zero-order valence-electron chi connectivity index (χ0n) is 23.9. The van der Waals surface area contributed by atoms with Crippen molar-refractivity contribution in [2.45, 2.75) is 70.5 Å². The summed E-state index contributed by atoms with van der Waals surface area (Å²) in [6, 6.07) is 2.46. The minimum absolute atomic E-state index is 0. The Balaban J connectivity index is 0.00000158. The summed E-state index contributed by atoms with van der Waals surface area (Å²) in [5, 5.41) is 5.94. The van der Waals surface area contributed by atoms with Crippen LogP contribution in [0.4, 0.5) is 24.8 Å². The van der Waals surface area contributed by atoms with E-state index in [4.69, 9.17) is 0 Å². The Morgan fingerprint density at radius 2 is 1.71 bits per heavy atom. The lowest BCUT2D eigenvalue weighted by molar-refractivity contribution is -0.117. The van der Waals surface area contributed by atoms with Gasteiger partial charge in [-0.05, 0) is 78.6 Å². The van der Waals surface area contributed by atoms with Gasteiger partial charge in [0.1, 0.15) is 11.3 Å². The van der Waals surface area contributed by atoms with E-state index in [9.17, 15) is 18.4 Å². The first-order valence-corrected chi connectivity index (χ1v) is 13.9. The van der Waals surface area contributed by atoms with Crippen molar-refractivity contribution in [3.63, 3.8) is 0 Å². The summed E-state index contributed by atoms with van der Waals surface area (Å²) in [7, 11) is 4.17. The maximum atomic E-state index is 15.2. The van der Waals surface area contributed by atoms with E-state index in [1.807, 2.05) is 0 Å². The molecule has 2 heterocycles. The highest BCUT2D eigenvalue weighted by Gasteiger charge is 2.32. The molecule has 2 aliphatic rings. The van der Waals surface area contributed by atoms with Crippen molar-refractivity contribution in [3.05, 3.63) is 59.3 Å². The average molecular weight is 575 g/mol. The lowest BCUT2D eigenvalue weighted by Crippen LogP contribution is -2.36. The number of carbonyl (C=O) groups excluding carboxylic acids is 1. The van der Waals surface area contributed by atoms with E-state index in [1.165, 1.54) is 16.8 Å². The lowest BCUT2D eigenvalue weighted by atomic mass is 9.91. The van der Waals surface area contributed by atoms with Crippen LogP contribution < -0.4 is 16.2 Å². The van der Waals surface area contributed by atoms with Gasteiger partial charge >= 0.3 is 0 Å². The smallest absolute Gasteiger partial charge is 0.260 e. The van der Waals surface area contributed by atoms with Gasteiger partial charge in [-0.1, -0.05) is 0 Å². The van der Waals surface area contributed by atoms with Crippen molar-refractivity contribution >= 4 is 28.6 Å². The minimum Gasteiger partial charge on any atom is -0.351 e. The summed E-state index contributed by atoms with van der Waals surface area (Å²) in [6.07, 6.45) is 6.81. The molecular formula is C30H41F3N6O2. The van der Waals surface area contributed by atoms with Crippen LogP contribution in [0.1, 0.15) is 61.3 Å². The second kappa shape index (κ2) is 12.4. The largest absolute Gasteiger partial charge is 0.351 e. The molecule has 2 saturated carbocycles. The van der Waals surface area contributed by atoms with Crippen molar-refractivity contribution in [2.75, 3.05) is 24.7 Å². The molecule has 8 nitrogen and oxygen atoms in total. The highest BCUT2D eigenvalue weighted by molar-refractivity contribution is 5.94. The molecule has 2 aliphatic carbocycles. The highest BCUT2D eigenvalue weighted by atomic mass is 19.2. The third-order valence-corrected chi connectivity index (χ3v) is 7.69. The second-order valence-electron chi connectivity index (χ2n) is 11.1. The van der Waals surface area contributed by atoms with Crippen LogP contribution in [0.5, 0.6) is 0 Å². The van der Waals surface area contributed by atoms with Gasteiger partial charge in [-0.3, -0.25) is 14.2 Å². The van der Waals surface area contributed by atoms with Gasteiger partial charge in [-0.2, -0.15) is 4.98 Å². The Morgan fingerprint density at radius 3 is 2.29 bits per heavy atom. The molecule has 0 radical (unpaired) electrons. The maximum absolute atomic E-state index is 15.2. The lowest BCUT2D eigenvalue weighted by Gasteiger charge is -2.33. The molecule has 1 amide bonds. The number of amides is 1.